The average molecular weight is 305 g/mol. The summed E-state index contributed by atoms with van der Waals surface area (Å²) in [5, 5.41) is 14.1. The predicted molar refractivity (Wildman–Crippen MR) is 93.9 cm³/mol. The van der Waals surface area contributed by atoms with Crippen LogP contribution in [0, 0.1) is 0 Å². The van der Waals surface area contributed by atoms with Crippen LogP contribution in [0.1, 0.15) is 58.2 Å². The van der Waals surface area contributed by atoms with Crippen LogP contribution in [0.3, 0.4) is 0 Å². The van der Waals surface area contributed by atoms with Crippen molar-refractivity contribution in [2.75, 3.05) is 11.6 Å². The number of phenols is 1. The maximum absolute atomic E-state index is 10.7. The van der Waals surface area contributed by atoms with E-state index in [0.29, 0.717) is 5.75 Å². The minimum absolute atomic E-state index is 0.0730. The van der Waals surface area contributed by atoms with Gasteiger partial charge in [-0.2, -0.15) is 0 Å². The van der Waals surface area contributed by atoms with Gasteiger partial charge in [-0.1, -0.05) is 41.5 Å². The zero-order valence-corrected chi connectivity index (χ0v) is 14.8. The fourth-order valence-electron chi connectivity index (χ4n) is 2.53. The summed E-state index contributed by atoms with van der Waals surface area (Å²) >= 11 is 1.90. The van der Waals surface area contributed by atoms with Crippen molar-refractivity contribution in [1.82, 2.24) is 5.32 Å². The summed E-state index contributed by atoms with van der Waals surface area (Å²) in [7, 11) is 0. The number of phenolic OH excluding ortho intramolecular Hbond substituents is 1. The highest BCUT2D eigenvalue weighted by atomic mass is 32.2. The van der Waals surface area contributed by atoms with E-state index in [1.165, 1.54) is 11.3 Å². The molecule has 0 radical (unpaired) electrons. The van der Waals surface area contributed by atoms with Crippen molar-refractivity contribution >= 4 is 17.8 Å². The van der Waals surface area contributed by atoms with Gasteiger partial charge in [0.15, 0.2) is 0 Å². The van der Waals surface area contributed by atoms with E-state index in [1.54, 1.807) is 0 Å². The molecule has 0 aromatic heterocycles. The van der Waals surface area contributed by atoms with Gasteiger partial charge in [-0.05, 0) is 34.6 Å². The second-order valence-electron chi connectivity index (χ2n) is 7.80. The van der Waals surface area contributed by atoms with Crippen LogP contribution in [-0.2, 0) is 10.8 Å². The zero-order valence-electron chi connectivity index (χ0n) is 14.0. The van der Waals surface area contributed by atoms with Crippen molar-refractivity contribution in [3.8, 4) is 5.75 Å². The van der Waals surface area contributed by atoms with E-state index in [9.17, 15) is 5.11 Å². The number of hydrogen-bond donors (Lipinski definition) is 2. The van der Waals surface area contributed by atoms with Crippen LogP contribution in [0.5, 0.6) is 5.75 Å². The summed E-state index contributed by atoms with van der Waals surface area (Å²) in [4.78, 5) is 0. The van der Waals surface area contributed by atoms with Crippen LogP contribution in [0.25, 0.3) is 6.08 Å². The van der Waals surface area contributed by atoms with Crippen molar-refractivity contribution in [3.05, 3.63) is 34.5 Å². The van der Waals surface area contributed by atoms with Gasteiger partial charge in [0.2, 0.25) is 0 Å². The first-order valence-corrected chi connectivity index (χ1v) is 8.64. The molecule has 1 aliphatic heterocycles. The Hall–Kier alpha value is -1.09. The molecule has 0 aliphatic carbocycles. The quantitative estimate of drug-likeness (QED) is 0.794. The molecule has 1 aliphatic rings. The molecule has 2 nitrogen and oxygen atoms in total. The minimum atomic E-state index is -0.0730. The molecule has 21 heavy (non-hydrogen) atoms. The Kier molecular flexibility index (Phi) is 4.34. The largest absolute Gasteiger partial charge is 0.507 e. The standard InChI is InChI=1S/C18H27NOS/c1-17(2,3)14-8-12(7-13-10-21-11-19-13)9-15(16(14)20)18(4,5)6/h7-9,19-20H,10-11H2,1-6H3. The molecule has 0 spiro atoms. The Balaban J connectivity index is 2.59. The highest BCUT2D eigenvalue weighted by Crippen LogP contribution is 2.40. The number of aromatic hydroxyl groups is 1. The second kappa shape index (κ2) is 5.60. The van der Waals surface area contributed by atoms with Crippen LogP contribution in [0.4, 0.5) is 0 Å². The molecule has 1 saturated heterocycles. The average Bonchev–Trinajstić information content (AvgIpc) is 2.81. The van der Waals surface area contributed by atoms with Crippen LogP contribution in [0.2, 0.25) is 0 Å². The number of rotatable bonds is 1. The van der Waals surface area contributed by atoms with E-state index in [2.05, 4.69) is 65.1 Å². The topological polar surface area (TPSA) is 32.3 Å². The normalized spacial score (nSPS) is 18.1. The van der Waals surface area contributed by atoms with Gasteiger partial charge in [0, 0.05) is 22.6 Å². The molecule has 116 valence electrons. The van der Waals surface area contributed by atoms with Gasteiger partial charge in [0.05, 0.1) is 5.88 Å². The molecule has 3 heteroatoms. The maximum Gasteiger partial charge on any atom is 0.123 e. The van der Waals surface area contributed by atoms with E-state index in [0.717, 1.165) is 22.8 Å². The van der Waals surface area contributed by atoms with Gasteiger partial charge in [-0.15, -0.1) is 11.8 Å². The van der Waals surface area contributed by atoms with Crippen LogP contribution in [-0.4, -0.2) is 16.7 Å². The molecule has 0 atom stereocenters. The van der Waals surface area contributed by atoms with Gasteiger partial charge in [0.25, 0.3) is 0 Å². The van der Waals surface area contributed by atoms with E-state index < -0.39 is 0 Å². The number of benzene rings is 1. The Morgan fingerprint density at radius 2 is 1.57 bits per heavy atom. The highest BCUT2D eigenvalue weighted by Gasteiger charge is 2.26. The monoisotopic (exact) mass is 305 g/mol. The Morgan fingerprint density at radius 3 is 1.95 bits per heavy atom. The summed E-state index contributed by atoms with van der Waals surface area (Å²) in [6, 6.07) is 4.25. The molecule has 0 unspecified atom stereocenters. The molecule has 0 bridgehead atoms. The molecule has 2 N–H and O–H groups in total. The summed E-state index contributed by atoms with van der Waals surface area (Å²) < 4.78 is 0. The van der Waals surface area contributed by atoms with Crippen molar-refractivity contribution in [2.45, 2.75) is 52.4 Å². The molecule has 0 saturated carbocycles. The third-order valence-corrected chi connectivity index (χ3v) is 4.61. The van der Waals surface area contributed by atoms with Crippen molar-refractivity contribution in [1.29, 1.82) is 0 Å². The first-order valence-electron chi connectivity index (χ1n) is 7.49. The van der Waals surface area contributed by atoms with Crippen LogP contribution < -0.4 is 5.32 Å². The first-order chi connectivity index (χ1) is 9.59. The van der Waals surface area contributed by atoms with Crippen LogP contribution >= 0.6 is 11.8 Å². The molecule has 1 aromatic carbocycles. The minimum Gasteiger partial charge on any atom is -0.507 e. The Bertz CT molecular complexity index is 519. The molecule has 0 amide bonds. The van der Waals surface area contributed by atoms with Gasteiger partial charge < -0.3 is 10.4 Å². The SMILES string of the molecule is CC(C)(C)c1cc(C=C2CSCN2)cc(C(C)(C)C)c1O. The number of hydrogen-bond acceptors (Lipinski definition) is 3. The van der Waals surface area contributed by atoms with E-state index >= 15 is 0 Å². The van der Waals surface area contributed by atoms with Gasteiger partial charge in [-0.3, -0.25) is 0 Å². The molecule has 1 fully saturated rings. The lowest BCUT2D eigenvalue weighted by Crippen LogP contribution is -2.17. The Morgan fingerprint density at radius 1 is 1.05 bits per heavy atom. The smallest absolute Gasteiger partial charge is 0.123 e. The predicted octanol–water partition coefficient (Wildman–Crippen LogP) is 4.62. The summed E-state index contributed by atoms with van der Waals surface area (Å²) in [6.45, 7) is 12.9. The lowest BCUT2D eigenvalue weighted by molar-refractivity contribution is 0.423. The highest BCUT2D eigenvalue weighted by molar-refractivity contribution is 7.99. The molecule has 1 aromatic rings. The van der Waals surface area contributed by atoms with Crippen molar-refractivity contribution in [2.24, 2.45) is 0 Å². The summed E-state index contributed by atoms with van der Waals surface area (Å²) in [6.07, 6.45) is 2.21. The fourth-order valence-corrected chi connectivity index (χ4v) is 3.33. The number of thioether (sulfide) groups is 1. The third-order valence-electron chi connectivity index (χ3n) is 3.75. The first kappa shape index (κ1) is 16.3. The second-order valence-corrected chi connectivity index (χ2v) is 8.79. The third kappa shape index (κ3) is 3.76. The van der Waals surface area contributed by atoms with Gasteiger partial charge >= 0.3 is 0 Å². The number of nitrogens with one attached hydrogen (secondary N) is 1. The zero-order chi connectivity index (χ0) is 15.8. The van der Waals surface area contributed by atoms with Gasteiger partial charge in [-0.25, -0.2) is 0 Å². The van der Waals surface area contributed by atoms with Crippen molar-refractivity contribution < 1.29 is 5.11 Å². The lowest BCUT2D eigenvalue weighted by Gasteiger charge is -2.28. The van der Waals surface area contributed by atoms with Crippen molar-refractivity contribution in [3.63, 3.8) is 0 Å². The lowest BCUT2D eigenvalue weighted by atomic mass is 9.78. The van der Waals surface area contributed by atoms with E-state index in [4.69, 9.17) is 0 Å². The maximum atomic E-state index is 10.7. The summed E-state index contributed by atoms with van der Waals surface area (Å²) in [5.41, 5.74) is 4.34. The van der Waals surface area contributed by atoms with Gasteiger partial charge in [0.1, 0.15) is 5.75 Å². The molecular formula is C18H27NOS. The van der Waals surface area contributed by atoms with E-state index in [-0.39, 0.29) is 10.8 Å². The fraction of sp³-hybridized carbons (Fsp3) is 0.556. The molecule has 1 heterocycles. The van der Waals surface area contributed by atoms with E-state index in [1.807, 2.05) is 11.8 Å². The van der Waals surface area contributed by atoms with Crippen LogP contribution in [0.15, 0.2) is 17.8 Å². The summed E-state index contributed by atoms with van der Waals surface area (Å²) in [5.74, 6) is 2.48. The molecule has 2 rings (SSSR count). The molecular weight excluding hydrogens is 278 g/mol. The Labute approximate surface area is 133 Å².